The largest absolute Gasteiger partial charge is 0.457 e. The molecule has 2 unspecified atom stereocenters. The van der Waals surface area contributed by atoms with E-state index in [0.29, 0.717) is 0 Å². The summed E-state index contributed by atoms with van der Waals surface area (Å²) >= 11 is 0. The lowest BCUT2D eigenvalue weighted by molar-refractivity contribution is -0.122. The number of hydrogen-bond donors (Lipinski definition) is 0. The number of ketones is 1. The topological polar surface area (TPSA) is 51.0 Å². The molecule has 1 spiro atoms. The lowest BCUT2D eigenvalue weighted by Gasteiger charge is -2.38. The number of nitrogens with zero attached hydrogens (tertiary/aromatic N) is 2. The molecular weight excluding hydrogens is 336 g/mol. The number of ether oxygens (including phenoxy) is 1. The molecule has 0 N–H and O–H groups in total. The van der Waals surface area contributed by atoms with Crippen molar-refractivity contribution in [3.05, 3.63) is 95.6 Å². The number of fused-ring (bicyclic) bond motifs is 4. The third kappa shape index (κ3) is 2.19. The molecule has 2 aliphatic rings. The quantitative estimate of drug-likeness (QED) is 0.614. The minimum atomic E-state index is -0.863. The monoisotopic (exact) mass is 354 g/mol. The molecule has 0 bridgehead atoms. The molecule has 0 amide bonds. The van der Waals surface area contributed by atoms with Gasteiger partial charge in [0.15, 0.2) is 5.54 Å². The standard InChI is InChI=1S/C23H18N2O2/c1-15(26)21-22(16-9-3-2-4-10-16)24-25-23(21)17-11-5-7-13-19(17)27-20-14-8-6-12-18(20)23/h2-14,21-22H,1H3. The summed E-state index contributed by atoms with van der Waals surface area (Å²) in [6.45, 7) is 1.64. The molecule has 3 aromatic carbocycles. The van der Waals surface area contributed by atoms with E-state index in [9.17, 15) is 4.79 Å². The first-order valence-electron chi connectivity index (χ1n) is 9.06. The summed E-state index contributed by atoms with van der Waals surface area (Å²) in [6, 6.07) is 25.2. The van der Waals surface area contributed by atoms with Gasteiger partial charge in [-0.25, -0.2) is 0 Å². The molecule has 3 aromatic rings. The van der Waals surface area contributed by atoms with Gasteiger partial charge in [-0.3, -0.25) is 4.79 Å². The van der Waals surface area contributed by atoms with E-state index in [1.54, 1.807) is 6.92 Å². The van der Waals surface area contributed by atoms with Crippen molar-refractivity contribution in [2.75, 3.05) is 0 Å². The van der Waals surface area contributed by atoms with Gasteiger partial charge in [0.25, 0.3) is 0 Å². The molecule has 132 valence electrons. The lowest BCUT2D eigenvalue weighted by atomic mass is 9.67. The normalized spacial score (nSPS) is 21.4. The van der Waals surface area contributed by atoms with E-state index in [2.05, 4.69) is 5.11 Å². The first kappa shape index (κ1) is 15.9. The van der Waals surface area contributed by atoms with Gasteiger partial charge in [-0.1, -0.05) is 66.7 Å². The number of para-hydroxylation sites is 2. The molecular formula is C23H18N2O2. The van der Waals surface area contributed by atoms with Crippen molar-refractivity contribution in [2.24, 2.45) is 16.1 Å². The van der Waals surface area contributed by atoms with Gasteiger partial charge in [0.2, 0.25) is 0 Å². The Morgan fingerprint density at radius 2 is 1.41 bits per heavy atom. The number of benzene rings is 3. The molecule has 2 aliphatic heterocycles. The van der Waals surface area contributed by atoms with Crippen molar-refractivity contribution in [3.8, 4) is 11.5 Å². The van der Waals surface area contributed by atoms with E-state index < -0.39 is 11.5 Å². The van der Waals surface area contributed by atoms with Crippen LogP contribution in [0.5, 0.6) is 11.5 Å². The van der Waals surface area contributed by atoms with Gasteiger partial charge in [0.05, 0.1) is 5.92 Å². The van der Waals surface area contributed by atoms with Crippen molar-refractivity contribution < 1.29 is 9.53 Å². The van der Waals surface area contributed by atoms with Gasteiger partial charge >= 0.3 is 0 Å². The number of carbonyl (C=O) groups is 1. The molecule has 27 heavy (non-hydrogen) atoms. The molecule has 4 nitrogen and oxygen atoms in total. The highest BCUT2D eigenvalue weighted by Crippen LogP contribution is 2.59. The molecule has 0 aromatic heterocycles. The molecule has 0 fully saturated rings. The van der Waals surface area contributed by atoms with Crippen LogP contribution in [0.3, 0.4) is 0 Å². The van der Waals surface area contributed by atoms with Gasteiger partial charge < -0.3 is 4.74 Å². The van der Waals surface area contributed by atoms with Gasteiger partial charge in [0, 0.05) is 11.1 Å². The summed E-state index contributed by atoms with van der Waals surface area (Å²) in [5, 5.41) is 9.43. The van der Waals surface area contributed by atoms with E-state index in [0.717, 1.165) is 28.2 Å². The minimum absolute atomic E-state index is 0.0698. The van der Waals surface area contributed by atoms with Crippen LogP contribution >= 0.6 is 0 Å². The summed E-state index contributed by atoms with van der Waals surface area (Å²) in [5.74, 6) is 1.11. The second kappa shape index (κ2) is 5.88. The zero-order valence-electron chi connectivity index (χ0n) is 14.9. The molecule has 2 atom stereocenters. The smallest absolute Gasteiger partial charge is 0.151 e. The van der Waals surface area contributed by atoms with Crippen LogP contribution in [-0.2, 0) is 10.3 Å². The second-order valence-electron chi connectivity index (χ2n) is 7.02. The number of hydrogen-bond acceptors (Lipinski definition) is 4. The summed E-state index contributed by atoms with van der Waals surface area (Å²) in [7, 11) is 0. The highest BCUT2D eigenvalue weighted by molar-refractivity contribution is 5.84. The van der Waals surface area contributed by atoms with Gasteiger partial charge in [-0.2, -0.15) is 10.2 Å². The Balaban J connectivity index is 1.79. The van der Waals surface area contributed by atoms with Gasteiger partial charge in [-0.05, 0) is 24.6 Å². The third-order valence-electron chi connectivity index (χ3n) is 5.50. The molecule has 5 rings (SSSR count). The first-order chi connectivity index (χ1) is 13.2. The number of carbonyl (C=O) groups excluding carboxylic acids is 1. The zero-order chi connectivity index (χ0) is 18.4. The van der Waals surface area contributed by atoms with Crippen molar-refractivity contribution >= 4 is 5.78 Å². The Morgan fingerprint density at radius 1 is 0.852 bits per heavy atom. The SMILES string of the molecule is CC(=O)C1C(c2ccccc2)N=NC12c1ccccc1Oc1ccccc12. The minimum Gasteiger partial charge on any atom is -0.457 e. The Bertz CT molecular complexity index is 1010. The molecule has 0 aliphatic carbocycles. The van der Waals surface area contributed by atoms with Crippen LogP contribution in [0, 0.1) is 5.92 Å². The fourth-order valence-electron chi connectivity index (χ4n) is 4.38. The average Bonchev–Trinajstić information content (AvgIpc) is 3.10. The van der Waals surface area contributed by atoms with E-state index in [4.69, 9.17) is 9.85 Å². The van der Waals surface area contributed by atoms with E-state index >= 15 is 0 Å². The Labute approximate surface area is 157 Å². The maximum absolute atomic E-state index is 13.0. The van der Waals surface area contributed by atoms with Crippen LogP contribution in [0.2, 0.25) is 0 Å². The van der Waals surface area contributed by atoms with Crippen LogP contribution in [0.4, 0.5) is 0 Å². The van der Waals surface area contributed by atoms with Crippen molar-refractivity contribution in [3.63, 3.8) is 0 Å². The average molecular weight is 354 g/mol. The Kier molecular flexibility index (Phi) is 3.47. The van der Waals surface area contributed by atoms with Gasteiger partial charge in [-0.15, -0.1) is 0 Å². The highest BCUT2D eigenvalue weighted by atomic mass is 16.5. The highest BCUT2D eigenvalue weighted by Gasteiger charge is 2.57. The maximum atomic E-state index is 13.0. The molecule has 0 radical (unpaired) electrons. The number of azo groups is 1. The Morgan fingerprint density at radius 3 is 2.00 bits per heavy atom. The summed E-state index contributed by atoms with van der Waals surface area (Å²) in [5.41, 5.74) is 1.93. The summed E-state index contributed by atoms with van der Waals surface area (Å²) in [6.07, 6.45) is 0. The third-order valence-corrected chi connectivity index (χ3v) is 5.50. The van der Waals surface area contributed by atoms with Crippen molar-refractivity contribution in [2.45, 2.75) is 18.5 Å². The van der Waals surface area contributed by atoms with E-state index in [-0.39, 0.29) is 11.8 Å². The Hall–Kier alpha value is -3.27. The van der Waals surface area contributed by atoms with Crippen LogP contribution < -0.4 is 4.74 Å². The van der Waals surface area contributed by atoms with Crippen molar-refractivity contribution in [1.29, 1.82) is 0 Å². The molecule has 4 heteroatoms. The number of Topliss-reactive ketones (excluding diaryl/α,β-unsaturated/α-hetero) is 1. The molecule has 0 saturated heterocycles. The lowest BCUT2D eigenvalue weighted by Crippen LogP contribution is -2.40. The van der Waals surface area contributed by atoms with Crippen LogP contribution in [0.15, 0.2) is 89.1 Å². The second-order valence-corrected chi connectivity index (χ2v) is 7.02. The first-order valence-corrected chi connectivity index (χ1v) is 9.06. The van der Waals surface area contributed by atoms with E-state index in [1.165, 1.54) is 0 Å². The van der Waals surface area contributed by atoms with Crippen LogP contribution in [-0.4, -0.2) is 5.78 Å². The van der Waals surface area contributed by atoms with Crippen LogP contribution in [0.1, 0.15) is 29.7 Å². The number of rotatable bonds is 2. The summed E-state index contributed by atoms with van der Waals surface area (Å²) in [4.78, 5) is 13.0. The maximum Gasteiger partial charge on any atom is 0.151 e. The predicted molar refractivity (Wildman–Crippen MR) is 102 cm³/mol. The fourth-order valence-corrected chi connectivity index (χ4v) is 4.38. The van der Waals surface area contributed by atoms with Crippen molar-refractivity contribution in [1.82, 2.24) is 0 Å². The molecule has 2 heterocycles. The van der Waals surface area contributed by atoms with E-state index in [1.807, 2.05) is 78.9 Å². The summed E-state index contributed by atoms with van der Waals surface area (Å²) < 4.78 is 6.12. The molecule has 0 saturated carbocycles. The predicted octanol–water partition coefficient (Wildman–Crippen LogP) is 5.45. The van der Waals surface area contributed by atoms with Gasteiger partial charge in [0.1, 0.15) is 23.3 Å². The van der Waals surface area contributed by atoms with Crippen LogP contribution in [0.25, 0.3) is 0 Å². The fraction of sp³-hybridized carbons (Fsp3) is 0.174. The zero-order valence-corrected chi connectivity index (χ0v) is 14.9.